The highest BCUT2D eigenvalue weighted by molar-refractivity contribution is 6.03. The number of tetrazole rings is 1. The number of methoxy groups -OCH3 is 1. The van der Waals surface area contributed by atoms with Gasteiger partial charge in [0.1, 0.15) is 18.1 Å². The van der Waals surface area contributed by atoms with Crippen molar-refractivity contribution in [1.29, 1.82) is 0 Å². The second kappa shape index (κ2) is 9.46. The molecule has 0 spiro atoms. The SMILES string of the molecule is CC/C(=N\N=C1\CCOc2ccccc21)OCc1c(OC)cccc1-n1nnn(C)c1=O. The van der Waals surface area contributed by atoms with Crippen molar-refractivity contribution in [2.75, 3.05) is 13.7 Å². The minimum Gasteiger partial charge on any atom is -0.496 e. The van der Waals surface area contributed by atoms with E-state index in [1.54, 1.807) is 25.3 Å². The largest absolute Gasteiger partial charge is 0.496 e. The summed E-state index contributed by atoms with van der Waals surface area (Å²) < 4.78 is 19.5. The smallest absolute Gasteiger partial charge is 0.368 e. The van der Waals surface area contributed by atoms with Crippen LogP contribution in [0.4, 0.5) is 0 Å². The molecule has 0 N–H and O–H groups in total. The van der Waals surface area contributed by atoms with Crippen LogP contribution in [0.25, 0.3) is 5.69 Å². The number of para-hydroxylation sites is 1. The second-order valence-electron chi connectivity index (χ2n) is 7.03. The number of nitrogens with zero attached hydrogens (tertiary/aromatic N) is 6. The first-order valence-corrected chi connectivity index (χ1v) is 10.3. The Labute approximate surface area is 184 Å². The number of ether oxygens (including phenoxy) is 3. The molecule has 0 atom stereocenters. The highest BCUT2D eigenvalue weighted by Gasteiger charge is 2.18. The first-order chi connectivity index (χ1) is 15.6. The van der Waals surface area contributed by atoms with Gasteiger partial charge in [0, 0.05) is 25.5 Å². The Morgan fingerprint density at radius 1 is 1.19 bits per heavy atom. The zero-order valence-electron chi connectivity index (χ0n) is 18.2. The molecule has 0 aliphatic carbocycles. The molecule has 0 fully saturated rings. The van der Waals surface area contributed by atoms with Crippen molar-refractivity contribution < 1.29 is 14.2 Å². The van der Waals surface area contributed by atoms with Gasteiger partial charge in [0.2, 0.25) is 5.90 Å². The van der Waals surface area contributed by atoms with E-state index in [1.807, 2.05) is 31.2 Å². The third-order valence-corrected chi connectivity index (χ3v) is 5.04. The maximum atomic E-state index is 12.4. The van der Waals surface area contributed by atoms with Gasteiger partial charge in [-0.2, -0.15) is 14.5 Å². The fourth-order valence-electron chi connectivity index (χ4n) is 3.35. The van der Waals surface area contributed by atoms with Crippen LogP contribution >= 0.6 is 0 Å². The maximum absolute atomic E-state index is 12.4. The lowest BCUT2D eigenvalue weighted by atomic mass is 10.0. The lowest BCUT2D eigenvalue weighted by Gasteiger charge is -2.18. The molecule has 0 unspecified atom stereocenters. The van der Waals surface area contributed by atoms with Gasteiger partial charge in [-0.15, -0.1) is 5.10 Å². The number of rotatable bonds is 6. The lowest BCUT2D eigenvalue weighted by molar-refractivity contribution is 0.275. The summed E-state index contributed by atoms with van der Waals surface area (Å²) in [6.07, 6.45) is 1.22. The summed E-state index contributed by atoms with van der Waals surface area (Å²) >= 11 is 0. The van der Waals surface area contributed by atoms with Gasteiger partial charge in [0.15, 0.2) is 0 Å². The molecule has 0 amide bonds. The predicted octanol–water partition coefficient (Wildman–Crippen LogP) is 2.49. The quantitative estimate of drug-likeness (QED) is 0.334. The standard InChI is InChI=1S/C22H24N6O4/c1-4-21(24-23-17-12-13-31-20-10-6-5-8-15(17)20)32-14-16-18(9-7-11-19(16)30-3)28-22(29)27(2)25-26-28/h5-11H,4,12-14H2,1-3H3/b23-17-,24-21+. The molecule has 10 nitrogen and oxygen atoms in total. The van der Waals surface area contributed by atoms with Gasteiger partial charge >= 0.3 is 5.69 Å². The summed E-state index contributed by atoms with van der Waals surface area (Å²) in [4.78, 5) is 12.4. The van der Waals surface area contributed by atoms with E-state index in [9.17, 15) is 4.79 Å². The molecule has 10 heteroatoms. The van der Waals surface area contributed by atoms with Crippen LogP contribution in [-0.2, 0) is 18.4 Å². The van der Waals surface area contributed by atoms with E-state index in [0.29, 0.717) is 42.3 Å². The third kappa shape index (κ3) is 4.25. The molecular weight excluding hydrogens is 412 g/mol. The Bertz CT molecular complexity index is 1230. The average Bonchev–Trinajstić information content (AvgIpc) is 3.17. The zero-order chi connectivity index (χ0) is 22.5. The van der Waals surface area contributed by atoms with Crippen molar-refractivity contribution in [2.45, 2.75) is 26.4 Å². The number of fused-ring (bicyclic) bond motifs is 1. The molecule has 4 rings (SSSR count). The van der Waals surface area contributed by atoms with Crippen LogP contribution < -0.4 is 15.2 Å². The Balaban J connectivity index is 1.60. The van der Waals surface area contributed by atoms with Gasteiger partial charge in [-0.05, 0) is 34.7 Å². The normalized spacial score (nSPS) is 14.7. The minimum atomic E-state index is -0.367. The van der Waals surface area contributed by atoms with Gasteiger partial charge in [0.05, 0.1) is 30.7 Å². The average molecular weight is 436 g/mol. The van der Waals surface area contributed by atoms with E-state index in [1.165, 1.54) is 11.7 Å². The van der Waals surface area contributed by atoms with E-state index in [4.69, 9.17) is 14.2 Å². The number of hydrogen-bond acceptors (Lipinski definition) is 8. The Morgan fingerprint density at radius 3 is 2.78 bits per heavy atom. The van der Waals surface area contributed by atoms with Crippen LogP contribution in [0.1, 0.15) is 30.9 Å². The zero-order valence-corrected chi connectivity index (χ0v) is 18.2. The molecule has 1 aromatic heterocycles. The lowest BCUT2D eigenvalue weighted by Crippen LogP contribution is -2.23. The van der Waals surface area contributed by atoms with E-state index >= 15 is 0 Å². The minimum absolute atomic E-state index is 0.125. The first-order valence-electron chi connectivity index (χ1n) is 10.3. The second-order valence-corrected chi connectivity index (χ2v) is 7.03. The van der Waals surface area contributed by atoms with E-state index in [0.717, 1.165) is 21.7 Å². The van der Waals surface area contributed by atoms with Gasteiger partial charge < -0.3 is 14.2 Å². The fraction of sp³-hybridized carbons (Fsp3) is 0.318. The molecule has 1 aliphatic heterocycles. The topological polar surface area (TPSA) is 105 Å². The Morgan fingerprint density at radius 2 is 2.03 bits per heavy atom. The summed E-state index contributed by atoms with van der Waals surface area (Å²) in [5.41, 5.74) is 2.61. The molecule has 0 saturated heterocycles. The van der Waals surface area contributed by atoms with Crippen LogP contribution in [0.3, 0.4) is 0 Å². The third-order valence-electron chi connectivity index (χ3n) is 5.04. The van der Waals surface area contributed by atoms with Gasteiger partial charge in [-0.1, -0.05) is 25.1 Å². The van der Waals surface area contributed by atoms with Crippen molar-refractivity contribution in [1.82, 2.24) is 19.8 Å². The van der Waals surface area contributed by atoms with Gasteiger partial charge in [-0.3, -0.25) is 0 Å². The first kappa shape index (κ1) is 21.3. The summed E-state index contributed by atoms with van der Waals surface area (Å²) in [5.74, 6) is 1.84. The molecule has 2 aromatic carbocycles. The van der Waals surface area contributed by atoms with E-state index < -0.39 is 0 Å². The van der Waals surface area contributed by atoms with Crippen molar-refractivity contribution in [2.24, 2.45) is 17.3 Å². The van der Waals surface area contributed by atoms with Crippen LogP contribution in [0.15, 0.2) is 57.5 Å². The maximum Gasteiger partial charge on any atom is 0.368 e. The molecular formula is C22H24N6O4. The molecule has 0 saturated carbocycles. The summed E-state index contributed by atoms with van der Waals surface area (Å²) in [5, 5.41) is 16.5. The summed E-state index contributed by atoms with van der Waals surface area (Å²) in [6, 6.07) is 13.1. The molecule has 1 aliphatic rings. The van der Waals surface area contributed by atoms with Gasteiger partial charge in [-0.25, -0.2) is 4.79 Å². The fourth-order valence-corrected chi connectivity index (χ4v) is 3.35. The van der Waals surface area contributed by atoms with E-state index in [2.05, 4.69) is 20.6 Å². The number of benzene rings is 2. The molecule has 0 radical (unpaired) electrons. The molecule has 3 aromatic rings. The predicted molar refractivity (Wildman–Crippen MR) is 119 cm³/mol. The Kier molecular flexibility index (Phi) is 6.29. The number of aryl methyl sites for hydroxylation is 1. The monoisotopic (exact) mass is 436 g/mol. The number of aromatic nitrogens is 4. The number of hydrogen-bond donors (Lipinski definition) is 0. The Hall–Kier alpha value is -3.95. The van der Waals surface area contributed by atoms with Crippen molar-refractivity contribution >= 4 is 11.6 Å². The van der Waals surface area contributed by atoms with Crippen LogP contribution in [0.5, 0.6) is 11.5 Å². The van der Waals surface area contributed by atoms with Crippen molar-refractivity contribution in [3.05, 3.63) is 64.1 Å². The molecule has 2 heterocycles. The highest BCUT2D eigenvalue weighted by Crippen LogP contribution is 2.26. The summed E-state index contributed by atoms with van der Waals surface area (Å²) in [6.45, 7) is 2.62. The molecule has 166 valence electrons. The van der Waals surface area contributed by atoms with E-state index in [-0.39, 0.29) is 12.3 Å². The van der Waals surface area contributed by atoms with Crippen LogP contribution in [0, 0.1) is 0 Å². The van der Waals surface area contributed by atoms with Gasteiger partial charge in [0.25, 0.3) is 0 Å². The summed E-state index contributed by atoms with van der Waals surface area (Å²) in [7, 11) is 3.10. The molecule has 0 bridgehead atoms. The molecule has 32 heavy (non-hydrogen) atoms. The van der Waals surface area contributed by atoms with Crippen molar-refractivity contribution in [3.8, 4) is 17.2 Å². The van der Waals surface area contributed by atoms with Crippen LogP contribution in [0.2, 0.25) is 0 Å². The van der Waals surface area contributed by atoms with Crippen molar-refractivity contribution in [3.63, 3.8) is 0 Å². The van der Waals surface area contributed by atoms with Crippen LogP contribution in [-0.4, -0.2) is 45.1 Å². The highest BCUT2D eigenvalue weighted by atomic mass is 16.5.